The van der Waals surface area contributed by atoms with Gasteiger partial charge >= 0.3 is 0 Å². The van der Waals surface area contributed by atoms with Crippen LogP contribution in [-0.2, 0) is 23.1 Å². The second kappa shape index (κ2) is 9.66. The number of aromatic nitrogens is 3. The largest absolute Gasteiger partial charge is 0.310 e. The number of nitrogens with one attached hydrogen (secondary N) is 1. The summed E-state index contributed by atoms with van der Waals surface area (Å²) in [6.07, 6.45) is 0.898. The fourth-order valence-corrected chi connectivity index (χ4v) is 5.19. The number of ketones is 1. The number of benzene rings is 1. The lowest BCUT2D eigenvalue weighted by Crippen LogP contribution is -2.45. The second-order valence-electron chi connectivity index (χ2n) is 9.07. The molecule has 1 aromatic carbocycles. The summed E-state index contributed by atoms with van der Waals surface area (Å²) in [5.74, 6) is 2.03. The van der Waals surface area contributed by atoms with E-state index in [4.69, 9.17) is 0 Å². The van der Waals surface area contributed by atoms with Crippen molar-refractivity contribution in [1.82, 2.24) is 15.0 Å². The molecule has 1 aliphatic carbocycles. The zero-order valence-corrected chi connectivity index (χ0v) is 21.1. The van der Waals surface area contributed by atoms with Gasteiger partial charge in [-0.05, 0) is 74.8 Å². The number of hydrogen-bond acceptors (Lipinski definition) is 6. The first-order valence-electron chi connectivity index (χ1n) is 11.6. The van der Waals surface area contributed by atoms with Gasteiger partial charge in [-0.2, -0.15) is 0 Å². The van der Waals surface area contributed by atoms with Gasteiger partial charge in [-0.3, -0.25) is 9.59 Å². The van der Waals surface area contributed by atoms with Gasteiger partial charge in [0.2, 0.25) is 5.91 Å². The molecule has 0 radical (unpaired) electrons. The van der Waals surface area contributed by atoms with Crippen LogP contribution in [0.5, 0.6) is 0 Å². The van der Waals surface area contributed by atoms with Crippen LogP contribution in [0.3, 0.4) is 0 Å². The number of hydrogen-bond donors (Lipinski definition) is 1. The van der Waals surface area contributed by atoms with E-state index in [1.807, 2.05) is 51.1 Å². The maximum Gasteiger partial charge on any atom is 0.229 e. The van der Waals surface area contributed by atoms with E-state index >= 15 is 0 Å². The average Bonchev–Trinajstić information content (AvgIpc) is 2.78. The average molecular weight is 475 g/mol. The van der Waals surface area contributed by atoms with Gasteiger partial charge in [0.05, 0.1) is 23.2 Å². The Balaban J connectivity index is 1.52. The molecule has 2 aromatic heterocycles. The lowest BCUT2D eigenvalue weighted by Gasteiger charge is -2.38. The molecule has 1 amide bonds. The number of fused-ring (bicyclic) bond motifs is 1. The summed E-state index contributed by atoms with van der Waals surface area (Å²) in [4.78, 5) is 41.0. The highest BCUT2D eigenvalue weighted by Crippen LogP contribution is 2.41. The highest BCUT2D eigenvalue weighted by molar-refractivity contribution is 7.99. The van der Waals surface area contributed by atoms with E-state index in [9.17, 15) is 9.59 Å². The van der Waals surface area contributed by atoms with E-state index in [1.54, 1.807) is 23.9 Å². The normalized spacial score (nSPS) is 19.6. The number of anilines is 1. The molecule has 6 nitrogen and oxygen atoms in total. The van der Waals surface area contributed by atoms with Crippen molar-refractivity contribution in [2.75, 3.05) is 11.1 Å². The van der Waals surface area contributed by atoms with Crippen LogP contribution in [0.4, 0.5) is 5.82 Å². The van der Waals surface area contributed by atoms with Crippen LogP contribution in [0.15, 0.2) is 47.4 Å². The fourth-order valence-electron chi connectivity index (χ4n) is 4.53. The second-order valence-corrected chi connectivity index (χ2v) is 10.4. The van der Waals surface area contributed by atoms with Gasteiger partial charge in [-0.15, -0.1) is 11.8 Å². The fraction of sp³-hybridized carbons (Fsp3) is 0.370. The Morgan fingerprint density at radius 2 is 1.85 bits per heavy atom. The van der Waals surface area contributed by atoms with Gasteiger partial charge in [0.15, 0.2) is 5.78 Å². The molecule has 0 saturated carbocycles. The van der Waals surface area contributed by atoms with E-state index in [-0.39, 0.29) is 24.0 Å². The SMILES string of the molecule is CCSc1ccc(CC(=O)Nc2ccc3c(n2)CC(C)C(C)(c2cc(C)nc(C)n2)C3=O)cc1. The predicted molar refractivity (Wildman–Crippen MR) is 135 cm³/mol. The Morgan fingerprint density at radius 1 is 1.12 bits per heavy atom. The molecule has 2 unspecified atom stereocenters. The number of rotatable bonds is 6. The smallest absolute Gasteiger partial charge is 0.229 e. The minimum atomic E-state index is -0.750. The predicted octanol–water partition coefficient (Wildman–Crippen LogP) is 5.11. The molecule has 1 aliphatic rings. The number of aryl methyl sites for hydroxylation is 2. The number of Topliss-reactive ketones (excluding diaryl/α,β-unsaturated/α-hetero) is 1. The monoisotopic (exact) mass is 474 g/mol. The van der Waals surface area contributed by atoms with Crippen LogP contribution >= 0.6 is 11.8 Å². The first-order valence-corrected chi connectivity index (χ1v) is 12.6. The number of carbonyl (C=O) groups excluding carboxylic acids is 2. The van der Waals surface area contributed by atoms with Crippen molar-refractivity contribution in [3.63, 3.8) is 0 Å². The molecule has 7 heteroatoms. The lowest BCUT2D eigenvalue weighted by molar-refractivity contribution is -0.115. The van der Waals surface area contributed by atoms with E-state index in [2.05, 4.69) is 34.1 Å². The van der Waals surface area contributed by atoms with Gasteiger partial charge in [0.1, 0.15) is 11.6 Å². The van der Waals surface area contributed by atoms with Crippen molar-refractivity contribution in [3.8, 4) is 0 Å². The Kier molecular flexibility index (Phi) is 6.84. The van der Waals surface area contributed by atoms with Gasteiger partial charge in [-0.1, -0.05) is 26.0 Å². The first kappa shape index (κ1) is 24.1. The third-order valence-electron chi connectivity index (χ3n) is 6.54. The van der Waals surface area contributed by atoms with Crippen LogP contribution < -0.4 is 5.32 Å². The number of pyridine rings is 1. The standard InChI is InChI=1S/C27H30N4O2S/c1-6-34-20-9-7-19(8-10-20)15-25(32)31-24-12-11-21-22(30-24)13-16(2)27(5,26(21)33)23-14-17(3)28-18(4)29-23/h7-12,14,16H,6,13,15H2,1-5H3,(H,30,31,32). The molecular formula is C27H30N4O2S. The van der Waals surface area contributed by atoms with Crippen LogP contribution in [-0.4, -0.2) is 32.4 Å². The minimum Gasteiger partial charge on any atom is -0.310 e. The van der Waals surface area contributed by atoms with Crippen molar-refractivity contribution in [3.05, 3.63) is 76.5 Å². The van der Waals surface area contributed by atoms with Gasteiger partial charge < -0.3 is 5.32 Å². The number of carbonyl (C=O) groups is 2. The van der Waals surface area contributed by atoms with Crippen molar-refractivity contribution in [2.45, 2.75) is 57.8 Å². The van der Waals surface area contributed by atoms with Crippen molar-refractivity contribution >= 4 is 29.3 Å². The van der Waals surface area contributed by atoms with Gasteiger partial charge in [0, 0.05) is 16.2 Å². The molecule has 4 rings (SSSR count). The topological polar surface area (TPSA) is 84.8 Å². The van der Waals surface area contributed by atoms with Crippen molar-refractivity contribution in [1.29, 1.82) is 0 Å². The van der Waals surface area contributed by atoms with Gasteiger partial charge in [-0.25, -0.2) is 15.0 Å². The molecule has 0 fully saturated rings. The molecular weight excluding hydrogens is 444 g/mol. The molecule has 34 heavy (non-hydrogen) atoms. The Morgan fingerprint density at radius 3 is 2.53 bits per heavy atom. The lowest BCUT2D eigenvalue weighted by atomic mass is 9.64. The third-order valence-corrected chi connectivity index (χ3v) is 7.43. The first-order chi connectivity index (χ1) is 16.2. The van der Waals surface area contributed by atoms with Crippen molar-refractivity contribution in [2.24, 2.45) is 5.92 Å². The summed E-state index contributed by atoms with van der Waals surface area (Å²) in [5, 5.41) is 2.89. The molecule has 0 spiro atoms. The summed E-state index contributed by atoms with van der Waals surface area (Å²) in [6.45, 7) is 9.90. The minimum absolute atomic E-state index is 0.000781. The van der Waals surface area contributed by atoms with Gasteiger partial charge in [0.25, 0.3) is 0 Å². The van der Waals surface area contributed by atoms with E-state index in [0.717, 1.165) is 28.4 Å². The zero-order valence-electron chi connectivity index (χ0n) is 20.3. The molecule has 0 saturated heterocycles. The van der Waals surface area contributed by atoms with Crippen LogP contribution in [0.2, 0.25) is 0 Å². The summed E-state index contributed by atoms with van der Waals surface area (Å²) in [5.41, 5.74) is 3.12. The van der Waals surface area contributed by atoms with Crippen molar-refractivity contribution < 1.29 is 9.59 Å². The Labute approximate surface area is 205 Å². The summed E-state index contributed by atoms with van der Waals surface area (Å²) in [6, 6.07) is 13.4. The summed E-state index contributed by atoms with van der Waals surface area (Å²) >= 11 is 1.77. The maximum atomic E-state index is 13.6. The molecule has 0 aliphatic heterocycles. The molecule has 176 valence electrons. The highest BCUT2D eigenvalue weighted by atomic mass is 32.2. The molecule has 2 atom stereocenters. The number of thioether (sulfide) groups is 1. The van der Waals surface area contributed by atoms with E-state index in [1.165, 1.54) is 4.90 Å². The highest BCUT2D eigenvalue weighted by Gasteiger charge is 2.47. The molecule has 1 N–H and O–H groups in total. The van der Waals surface area contributed by atoms with E-state index < -0.39 is 5.41 Å². The Bertz CT molecular complexity index is 1220. The van der Waals surface area contributed by atoms with Crippen LogP contribution in [0, 0.1) is 19.8 Å². The third kappa shape index (κ3) is 4.75. The number of nitrogens with zero attached hydrogens (tertiary/aromatic N) is 3. The maximum absolute atomic E-state index is 13.6. The summed E-state index contributed by atoms with van der Waals surface area (Å²) < 4.78 is 0. The van der Waals surface area contributed by atoms with E-state index in [0.29, 0.717) is 23.6 Å². The Hall–Kier alpha value is -3.06. The van der Waals surface area contributed by atoms with Crippen LogP contribution in [0.25, 0.3) is 0 Å². The summed E-state index contributed by atoms with van der Waals surface area (Å²) in [7, 11) is 0. The quantitative estimate of drug-likeness (QED) is 0.500. The molecule has 3 aromatic rings. The zero-order chi connectivity index (χ0) is 24.5. The number of amides is 1. The molecule has 2 heterocycles. The molecule has 0 bridgehead atoms. The van der Waals surface area contributed by atoms with Crippen LogP contribution in [0.1, 0.15) is 59.6 Å².